The maximum atomic E-state index is 13.5. The Morgan fingerprint density at radius 3 is 2.38 bits per heavy atom. The summed E-state index contributed by atoms with van der Waals surface area (Å²) >= 11 is 6.35. The molecule has 0 saturated carbocycles. The van der Waals surface area contributed by atoms with Gasteiger partial charge >= 0.3 is 0 Å². The third-order valence-corrected chi connectivity index (χ3v) is 5.99. The van der Waals surface area contributed by atoms with E-state index in [9.17, 15) is 4.79 Å². The fraction of sp³-hybridized carbons (Fsp3) is 0.214. The van der Waals surface area contributed by atoms with Gasteiger partial charge in [-0.15, -0.1) is 0 Å². The Bertz CT molecular complexity index is 1300. The van der Waals surface area contributed by atoms with E-state index >= 15 is 0 Å². The number of benzene rings is 3. The molecule has 174 valence electrons. The number of amides is 1. The minimum atomic E-state index is -0.131. The molecule has 0 N–H and O–H groups in total. The molecule has 3 aromatic carbocycles. The number of carbonyl (C=O) groups is 1. The number of hydrogen-bond donors (Lipinski definition) is 0. The molecule has 6 heteroatoms. The van der Waals surface area contributed by atoms with E-state index in [0.29, 0.717) is 28.8 Å². The Labute approximate surface area is 205 Å². The fourth-order valence-electron chi connectivity index (χ4n) is 3.81. The molecular formula is C28H28ClN3O2. The van der Waals surface area contributed by atoms with Crippen molar-refractivity contribution in [3.05, 3.63) is 106 Å². The van der Waals surface area contributed by atoms with E-state index in [-0.39, 0.29) is 11.9 Å². The Kier molecular flexibility index (Phi) is 7.03. The molecule has 0 saturated heterocycles. The minimum Gasteiger partial charge on any atom is -0.439 e. The molecule has 0 fully saturated rings. The van der Waals surface area contributed by atoms with Crippen molar-refractivity contribution in [2.24, 2.45) is 0 Å². The zero-order chi connectivity index (χ0) is 24.2. The molecule has 0 aliphatic carbocycles. The maximum absolute atomic E-state index is 13.5. The summed E-state index contributed by atoms with van der Waals surface area (Å²) in [5.74, 6) is 1.17. The van der Waals surface area contributed by atoms with Gasteiger partial charge in [0.25, 0.3) is 5.91 Å². The van der Waals surface area contributed by atoms with E-state index in [4.69, 9.17) is 21.4 Å². The number of aromatic nitrogens is 2. The summed E-state index contributed by atoms with van der Waals surface area (Å²) in [7, 11) is 0. The van der Waals surface area contributed by atoms with E-state index in [2.05, 4.69) is 0 Å². The summed E-state index contributed by atoms with van der Waals surface area (Å²) in [6.45, 7) is 8.29. The van der Waals surface area contributed by atoms with Gasteiger partial charge in [-0.25, -0.2) is 4.68 Å². The van der Waals surface area contributed by atoms with Gasteiger partial charge in [-0.05, 0) is 69.7 Å². The van der Waals surface area contributed by atoms with Crippen LogP contribution >= 0.6 is 11.6 Å². The summed E-state index contributed by atoms with van der Waals surface area (Å²) in [6, 6.07) is 24.8. The molecule has 0 spiro atoms. The van der Waals surface area contributed by atoms with Crippen LogP contribution in [0.2, 0.25) is 5.02 Å². The highest BCUT2D eigenvalue weighted by Gasteiger charge is 2.26. The van der Waals surface area contributed by atoms with Crippen LogP contribution in [0.4, 0.5) is 0 Å². The number of nitrogens with zero attached hydrogens (tertiary/aromatic N) is 3. The molecule has 5 nitrogen and oxygen atoms in total. The van der Waals surface area contributed by atoms with Crippen LogP contribution in [0.1, 0.15) is 41.0 Å². The van der Waals surface area contributed by atoms with Gasteiger partial charge in [0, 0.05) is 6.04 Å². The predicted molar refractivity (Wildman–Crippen MR) is 136 cm³/mol. The summed E-state index contributed by atoms with van der Waals surface area (Å²) in [5, 5.41) is 5.23. The number of ether oxygens (including phenoxy) is 1. The van der Waals surface area contributed by atoms with E-state index in [1.165, 1.54) is 0 Å². The molecule has 1 aromatic heterocycles. The number of hydrogen-bond acceptors (Lipinski definition) is 3. The van der Waals surface area contributed by atoms with Crippen LogP contribution in [0.5, 0.6) is 11.6 Å². The van der Waals surface area contributed by atoms with Crippen molar-refractivity contribution in [1.82, 2.24) is 14.7 Å². The van der Waals surface area contributed by atoms with Gasteiger partial charge in [0.05, 0.1) is 34.1 Å². The maximum Gasteiger partial charge on any atom is 0.255 e. The molecule has 34 heavy (non-hydrogen) atoms. The van der Waals surface area contributed by atoms with E-state index < -0.39 is 0 Å². The van der Waals surface area contributed by atoms with Gasteiger partial charge in [0.15, 0.2) is 0 Å². The average molecular weight is 474 g/mol. The lowest BCUT2D eigenvalue weighted by atomic mass is 10.1. The molecule has 0 aliphatic rings. The van der Waals surface area contributed by atoms with Gasteiger partial charge in [-0.1, -0.05) is 54.1 Å². The van der Waals surface area contributed by atoms with Gasteiger partial charge in [0.1, 0.15) is 5.75 Å². The summed E-state index contributed by atoms with van der Waals surface area (Å²) < 4.78 is 8.22. The second-order valence-electron chi connectivity index (χ2n) is 8.54. The van der Waals surface area contributed by atoms with Crippen molar-refractivity contribution >= 4 is 17.5 Å². The minimum absolute atomic E-state index is 0.0601. The van der Waals surface area contributed by atoms with Crippen LogP contribution in [-0.2, 0) is 6.54 Å². The van der Waals surface area contributed by atoms with Crippen LogP contribution in [0, 0.1) is 13.8 Å². The molecule has 4 rings (SSSR count). The van der Waals surface area contributed by atoms with Crippen molar-refractivity contribution in [2.75, 3.05) is 0 Å². The zero-order valence-electron chi connectivity index (χ0n) is 19.8. The standard InChI is InChI=1S/C28H28ClN3O2/c1-19(2)31(27(33)24-15-8-9-16-26(24)29)18-25-21(4)30-32(22-12-6-5-7-13-22)28(25)34-23-14-10-11-20(3)17-23/h5-17,19H,18H2,1-4H3. The molecule has 0 unspecified atom stereocenters. The zero-order valence-corrected chi connectivity index (χ0v) is 20.6. The molecule has 0 aliphatic heterocycles. The first-order chi connectivity index (χ1) is 16.3. The smallest absolute Gasteiger partial charge is 0.255 e. The first kappa shape index (κ1) is 23.6. The molecular weight excluding hydrogens is 446 g/mol. The normalized spacial score (nSPS) is 11.0. The summed E-state index contributed by atoms with van der Waals surface area (Å²) in [5.41, 5.74) is 4.10. The molecule has 4 aromatic rings. The van der Waals surface area contributed by atoms with Crippen molar-refractivity contribution < 1.29 is 9.53 Å². The summed E-state index contributed by atoms with van der Waals surface area (Å²) in [6.07, 6.45) is 0. The van der Waals surface area contributed by atoms with Gasteiger partial charge < -0.3 is 9.64 Å². The number of halogens is 1. The first-order valence-corrected chi connectivity index (χ1v) is 11.7. The van der Waals surface area contributed by atoms with Crippen LogP contribution in [-0.4, -0.2) is 26.6 Å². The van der Waals surface area contributed by atoms with E-state index in [1.54, 1.807) is 21.7 Å². The topological polar surface area (TPSA) is 47.4 Å². The SMILES string of the molecule is Cc1cccc(Oc2c(CN(C(=O)c3ccccc3Cl)C(C)C)c(C)nn2-c2ccccc2)c1. The van der Waals surface area contributed by atoms with Crippen LogP contribution in [0.15, 0.2) is 78.9 Å². The highest BCUT2D eigenvalue weighted by atomic mass is 35.5. The van der Waals surface area contributed by atoms with Crippen molar-refractivity contribution in [3.8, 4) is 17.3 Å². The van der Waals surface area contributed by atoms with Crippen molar-refractivity contribution in [2.45, 2.75) is 40.3 Å². The number of aryl methyl sites for hydroxylation is 2. The number of carbonyl (C=O) groups excluding carboxylic acids is 1. The quantitative estimate of drug-likeness (QED) is 0.290. The van der Waals surface area contributed by atoms with Crippen LogP contribution in [0.3, 0.4) is 0 Å². The Morgan fingerprint density at radius 2 is 1.71 bits per heavy atom. The third kappa shape index (κ3) is 5.00. The van der Waals surface area contributed by atoms with E-state index in [1.807, 2.05) is 94.4 Å². The highest BCUT2D eigenvalue weighted by molar-refractivity contribution is 6.33. The Hall–Kier alpha value is -3.57. The lowest BCUT2D eigenvalue weighted by Gasteiger charge is -2.27. The molecule has 0 radical (unpaired) electrons. The Morgan fingerprint density at radius 1 is 1.00 bits per heavy atom. The Balaban J connectivity index is 1.79. The molecule has 0 atom stereocenters. The van der Waals surface area contributed by atoms with Gasteiger partial charge in [0.2, 0.25) is 5.88 Å². The van der Waals surface area contributed by atoms with Gasteiger partial charge in [-0.2, -0.15) is 5.10 Å². The number of para-hydroxylation sites is 1. The van der Waals surface area contributed by atoms with Crippen LogP contribution in [0.25, 0.3) is 5.69 Å². The van der Waals surface area contributed by atoms with Crippen molar-refractivity contribution in [3.63, 3.8) is 0 Å². The fourth-order valence-corrected chi connectivity index (χ4v) is 4.03. The predicted octanol–water partition coefficient (Wildman–Crippen LogP) is 6.99. The second-order valence-corrected chi connectivity index (χ2v) is 8.95. The monoisotopic (exact) mass is 473 g/mol. The largest absolute Gasteiger partial charge is 0.439 e. The first-order valence-electron chi connectivity index (χ1n) is 11.3. The lowest BCUT2D eigenvalue weighted by Crippen LogP contribution is -2.36. The number of rotatable bonds is 7. The van der Waals surface area contributed by atoms with Gasteiger partial charge in [-0.3, -0.25) is 4.79 Å². The summed E-state index contributed by atoms with van der Waals surface area (Å²) in [4.78, 5) is 15.3. The third-order valence-electron chi connectivity index (χ3n) is 5.66. The highest BCUT2D eigenvalue weighted by Crippen LogP contribution is 2.33. The molecule has 1 heterocycles. The second kappa shape index (κ2) is 10.1. The van der Waals surface area contributed by atoms with Crippen molar-refractivity contribution in [1.29, 1.82) is 0 Å². The van der Waals surface area contributed by atoms with Crippen LogP contribution < -0.4 is 4.74 Å². The molecule has 1 amide bonds. The van der Waals surface area contributed by atoms with E-state index in [0.717, 1.165) is 22.5 Å². The average Bonchev–Trinajstić information content (AvgIpc) is 3.12. The molecule has 0 bridgehead atoms. The lowest BCUT2D eigenvalue weighted by molar-refractivity contribution is 0.0689.